The number of nitrogens with zero attached hydrogens (tertiary/aromatic N) is 3. The monoisotopic (exact) mass is 439 g/mol. The number of aromatic nitrogens is 1. The molecule has 0 bridgehead atoms. The van der Waals surface area contributed by atoms with E-state index in [1.807, 2.05) is 47.4 Å². The molecule has 0 saturated carbocycles. The van der Waals surface area contributed by atoms with Crippen molar-refractivity contribution in [2.24, 2.45) is 0 Å². The molecule has 2 aliphatic rings. The minimum atomic E-state index is 0.0794. The Morgan fingerprint density at radius 2 is 1.59 bits per heavy atom. The maximum Gasteiger partial charge on any atom is 0.232 e. The SMILES string of the molecule is N#Cc1cc2c(nc1SCCC(=O)N1c3ccccc3CCc3ccccc31)CCCC2. The van der Waals surface area contributed by atoms with Gasteiger partial charge in [-0.3, -0.25) is 9.69 Å². The van der Waals surface area contributed by atoms with Gasteiger partial charge in [0.15, 0.2) is 0 Å². The molecule has 160 valence electrons. The Hall–Kier alpha value is -3.10. The number of fused-ring (bicyclic) bond motifs is 3. The fourth-order valence-electron chi connectivity index (χ4n) is 4.70. The first-order valence-electron chi connectivity index (χ1n) is 11.3. The molecular formula is C27H25N3OS. The number of amides is 1. The van der Waals surface area contributed by atoms with Crippen molar-refractivity contribution in [3.8, 4) is 6.07 Å². The quantitative estimate of drug-likeness (QED) is 0.484. The lowest BCUT2D eigenvalue weighted by molar-refractivity contribution is -0.117. The fraction of sp³-hybridized carbons (Fsp3) is 0.296. The number of carbonyl (C=O) groups is 1. The average Bonchev–Trinajstić information content (AvgIpc) is 3.00. The fourth-order valence-corrected chi connectivity index (χ4v) is 5.61. The number of nitriles is 1. The third kappa shape index (κ3) is 4.03. The number of pyridine rings is 1. The molecule has 1 aliphatic carbocycles. The molecule has 1 aromatic heterocycles. The van der Waals surface area contributed by atoms with Crippen molar-refractivity contribution in [2.75, 3.05) is 10.7 Å². The van der Waals surface area contributed by atoms with Crippen molar-refractivity contribution in [2.45, 2.75) is 50.0 Å². The van der Waals surface area contributed by atoms with Crippen LogP contribution in [0.1, 0.15) is 47.2 Å². The molecule has 0 radical (unpaired) electrons. The van der Waals surface area contributed by atoms with Crippen molar-refractivity contribution < 1.29 is 4.79 Å². The number of hydrogen-bond acceptors (Lipinski definition) is 4. The topological polar surface area (TPSA) is 57.0 Å². The van der Waals surface area contributed by atoms with E-state index in [1.54, 1.807) is 0 Å². The maximum absolute atomic E-state index is 13.5. The molecule has 3 aromatic rings. The minimum Gasteiger partial charge on any atom is -0.280 e. The number of benzene rings is 2. The summed E-state index contributed by atoms with van der Waals surface area (Å²) >= 11 is 1.52. The molecule has 0 unspecified atom stereocenters. The molecule has 5 rings (SSSR count). The molecule has 0 N–H and O–H groups in total. The zero-order valence-corrected chi connectivity index (χ0v) is 18.8. The zero-order valence-electron chi connectivity index (χ0n) is 18.0. The second-order valence-electron chi connectivity index (χ2n) is 8.35. The van der Waals surface area contributed by atoms with Gasteiger partial charge in [-0.05, 0) is 73.4 Å². The van der Waals surface area contributed by atoms with Crippen LogP contribution in [0.15, 0.2) is 59.6 Å². The summed E-state index contributed by atoms with van der Waals surface area (Å²) in [6.07, 6.45) is 6.55. The van der Waals surface area contributed by atoms with Gasteiger partial charge in [-0.2, -0.15) is 5.26 Å². The molecule has 4 nitrogen and oxygen atoms in total. The van der Waals surface area contributed by atoms with Gasteiger partial charge in [0, 0.05) is 17.9 Å². The molecule has 0 spiro atoms. The summed E-state index contributed by atoms with van der Waals surface area (Å²) < 4.78 is 0. The Kier molecular flexibility index (Phi) is 5.96. The van der Waals surface area contributed by atoms with Crippen molar-refractivity contribution in [1.29, 1.82) is 5.26 Å². The van der Waals surface area contributed by atoms with Crippen LogP contribution in [0.25, 0.3) is 0 Å². The average molecular weight is 440 g/mol. The molecule has 2 aromatic carbocycles. The zero-order chi connectivity index (χ0) is 21.9. The molecule has 1 amide bonds. The molecule has 32 heavy (non-hydrogen) atoms. The van der Waals surface area contributed by atoms with Crippen LogP contribution in [-0.4, -0.2) is 16.6 Å². The molecule has 1 aliphatic heterocycles. The largest absolute Gasteiger partial charge is 0.280 e. The highest BCUT2D eigenvalue weighted by Gasteiger charge is 2.25. The molecule has 2 heterocycles. The number of carbonyl (C=O) groups excluding carboxylic acids is 1. The number of para-hydroxylation sites is 2. The van der Waals surface area contributed by atoms with Crippen LogP contribution >= 0.6 is 11.8 Å². The minimum absolute atomic E-state index is 0.0794. The summed E-state index contributed by atoms with van der Waals surface area (Å²) in [6.45, 7) is 0. The Balaban J connectivity index is 1.37. The summed E-state index contributed by atoms with van der Waals surface area (Å²) in [7, 11) is 0. The van der Waals surface area contributed by atoms with Gasteiger partial charge in [-0.1, -0.05) is 36.4 Å². The standard InChI is InChI=1S/C27H25N3OS/c28-18-22-17-21-9-1-4-10-23(21)29-27(22)32-16-15-26(31)30-24-11-5-2-7-19(24)13-14-20-8-3-6-12-25(20)30/h2-3,5-8,11-12,17H,1,4,9-10,13-16H2. The van der Waals surface area contributed by atoms with E-state index in [1.165, 1.54) is 34.9 Å². The highest BCUT2D eigenvalue weighted by atomic mass is 32.2. The second kappa shape index (κ2) is 9.18. The van der Waals surface area contributed by atoms with Crippen molar-refractivity contribution in [1.82, 2.24) is 4.98 Å². The van der Waals surface area contributed by atoms with Gasteiger partial charge in [0.1, 0.15) is 11.1 Å². The Bertz CT molecular complexity index is 1170. The van der Waals surface area contributed by atoms with E-state index in [0.29, 0.717) is 17.7 Å². The highest BCUT2D eigenvalue weighted by molar-refractivity contribution is 7.99. The van der Waals surface area contributed by atoms with E-state index < -0.39 is 0 Å². The summed E-state index contributed by atoms with van der Waals surface area (Å²) in [4.78, 5) is 20.2. The van der Waals surface area contributed by atoms with Crippen LogP contribution in [0.3, 0.4) is 0 Å². The van der Waals surface area contributed by atoms with E-state index in [4.69, 9.17) is 4.98 Å². The number of hydrogen-bond donors (Lipinski definition) is 0. The van der Waals surface area contributed by atoms with Gasteiger partial charge in [0.25, 0.3) is 0 Å². The molecule has 0 fully saturated rings. The Labute approximate surface area is 193 Å². The summed E-state index contributed by atoms with van der Waals surface area (Å²) in [5, 5.41) is 10.4. The van der Waals surface area contributed by atoms with Gasteiger partial charge in [-0.25, -0.2) is 4.98 Å². The van der Waals surface area contributed by atoms with Crippen LogP contribution in [0.5, 0.6) is 0 Å². The van der Waals surface area contributed by atoms with Gasteiger partial charge in [-0.15, -0.1) is 11.8 Å². The van der Waals surface area contributed by atoms with E-state index in [-0.39, 0.29) is 5.91 Å². The lowest BCUT2D eigenvalue weighted by Gasteiger charge is -2.25. The molecular weight excluding hydrogens is 414 g/mol. The van der Waals surface area contributed by atoms with Crippen molar-refractivity contribution in [3.63, 3.8) is 0 Å². The van der Waals surface area contributed by atoms with E-state index in [0.717, 1.165) is 54.2 Å². The summed E-state index contributed by atoms with van der Waals surface area (Å²) in [6, 6.07) is 20.7. The third-order valence-electron chi connectivity index (χ3n) is 6.32. The van der Waals surface area contributed by atoms with Crippen molar-refractivity contribution >= 4 is 29.0 Å². The van der Waals surface area contributed by atoms with Crippen molar-refractivity contribution in [3.05, 3.63) is 82.5 Å². The first-order valence-corrected chi connectivity index (χ1v) is 12.3. The van der Waals surface area contributed by atoms with Crippen LogP contribution in [0.2, 0.25) is 0 Å². The first-order chi connectivity index (χ1) is 15.7. The smallest absolute Gasteiger partial charge is 0.232 e. The van der Waals surface area contributed by atoms with Gasteiger partial charge >= 0.3 is 0 Å². The van der Waals surface area contributed by atoms with Crippen LogP contribution in [0.4, 0.5) is 11.4 Å². The number of anilines is 2. The lowest BCUT2D eigenvalue weighted by Crippen LogP contribution is -2.27. The number of rotatable bonds is 4. The predicted octanol–water partition coefficient (Wildman–Crippen LogP) is 5.78. The third-order valence-corrected chi connectivity index (χ3v) is 7.31. The predicted molar refractivity (Wildman–Crippen MR) is 128 cm³/mol. The van der Waals surface area contributed by atoms with E-state index in [9.17, 15) is 10.1 Å². The van der Waals surface area contributed by atoms with E-state index in [2.05, 4.69) is 18.2 Å². The highest BCUT2D eigenvalue weighted by Crippen LogP contribution is 2.37. The lowest BCUT2D eigenvalue weighted by atomic mass is 9.95. The second-order valence-corrected chi connectivity index (χ2v) is 9.43. The summed E-state index contributed by atoms with van der Waals surface area (Å²) in [5.74, 6) is 0.677. The van der Waals surface area contributed by atoms with Gasteiger partial charge < -0.3 is 0 Å². The normalized spacial score (nSPS) is 14.5. The Morgan fingerprint density at radius 3 is 2.28 bits per heavy atom. The van der Waals surface area contributed by atoms with Crippen LogP contribution in [-0.2, 0) is 30.5 Å². The first kappa shape index (κ1) is 20.8. The molecule has 0 saturated heterocycles. The van der Waals surface area contributed by atoms with E-state index >= 15 is 0 Å². The maximum atomic E-state index is 13.5. The summed E-state index contributed by atoms with van der Waals surface area (Å²) in [5.41, 5.74) is 7.34. The van der Waals surface area contributed by atoms with Gasteiger partial charge in [0.2, 0.25) is 5.91 Å². The number of aryl methyl sites for hydroxylation is 4. The van der Waals surface area contributed by atoms with Crippen LogP contribution < -0.4 is 4.90 Å². The molecule has 0 atom stereocenters. The molecule has 5 heteroatoms. The Morgan fingerprint density at radius 1 is 0.938 bits per heavy atom. The van der Waals surface area contributed by atoms with Gasteiger partial charge in [0.05, 0.1) is 16.9 Å². The van der Waals surface area contributed by atoms with Crippen LogP contribution in [0, 0.1) is 11.3 Å². The number of thioether (sulfide) groups is 1.